The number of aliphatic imine (C=N–C) groups is 1. The van der Waals surface area contributed by atoms with E-state index in [1.165, 1.54) is 0 Å². The molecular formula is C18H37N5O2. The van der Waals surface area contributed by atoms with E-state index < -0.39 is 0 Å². The number of amides is 1. The van der Waals surface area contributed by atoms with Gasteiger partial charge in [0.05, 0.1) is 6.61 Å². The molecule has 1 rings (SSSR count). The van der Waals surface area contributed by atoms with Crippen LogP contribution in [0.2, 0.25) is 0 Å². The van der Waals surface area contributed by atoms with Gasteiger partial charge < -0.3 is 19.9 Å². The Morgan fingerprint density at radius 1 is 1.32 bits per heavy atom. The number of likely N-dealkylation sites (N-methyl/N-ethyl adjacent to an activating group) is 1. The number of rotatable bonds is 7. The molecule has 3 atom stereocenters. The monoisotopic (exact) mass is 355 g/mol. The molecule has 0 saturated carbocycles. The van der Waals surface area contributed by atoms with E-state index in [4.69, 9.17) is 4.74 Å². The van der Waals surface area contributed by atoms with E-state index in [-0.39, 0.29) is 12.5 Å². The SMILES string of the molecule is CCC(C)NC(=NCC(=O)N(C)C)N1CC(C)N(CCOC)C(C)C1. The summed E-state index contributed by atoms with van der Waals surface area (Å²) in [6.45, 7) is 12.4. The molecule has 1 saturated heterocycles. The van der Waals surface area contributed by atoms with Crippen LogP contribution in [0.4, 0.5) is 0 Å². The Kier molecular flexibility index (Phi) is 9.21. The van der Waals surface area contributed by atoms with Gasteiger partial charge in [0.25, 0.3) is 0 Å². The van der Waals surface area contributed by atoms with E-state index in [9.17, 15) is 4.79 Å². The molecule has 7 heteroatoms. The van der Waals surface area contributed by atoms with Crippen molar-refractivity contribution in [1.82, 2.24) is 20.0 Å². The molecule has 0 radical (unpaired) electrons. The lowest BCUT2D eigenvalue weighted by Gasteiger charge is -2.45. The highest BCUT2D eigenvalue weighted by Crippen LogP contribution is 2.16. The van der Waals surface area contributed by atoms with E-state index >= 15 is 0 Å². The molecule has 0 spiro atoms. The minimum Gasteiger partial charge on any atom is -0.383 e. The number of hydrogen-bond donors (Lipinski definition) is 1. The van der Waals surface area contributed by atoms with Crippen LogP contribution in [0.1, 0.15) is 34.1 Å². The second-order valence-electron chi connectivity index (χ2n) is 7.22. The number of piperazine rings is 1. The van der Waals surface area contributed by atoms with Crippen molar-refractivity contribution in [2.75, 3.05) is 54.0 Å². The molecular weight excluding hydrogens is 318 g/mol. The third-order valence-corrected chi connectivity index (χ3v) is 4.81. The van der Waals surface area contributed by atoms with Crippen LogP contribution in [0, 0.1) is 0 Å². The van der Waals surface area contributed by atoms with Gasteiger partial charge in [-0.1, -0.05) is 6.92 Å². The fourth-order valence-corrected chi connectivity index (χ4v) is 3.01. The molecule has 1 heterocycles. The number of methoxy groups -OCH3 is 1. The number of nitrogens with zero attached hydrogens (tertiary/aromatic N) is 4. The molecule has 1 N–H and O–H groups in total. The predicted octanol–water partition coefficient (Wildman–Crippen LogP) is 0.860. The van der Waals surface area contributed by atoms with Crippen LogP contribution in [0.3, 0.4) is 0 Å². The van der Waals surface area contributed by atoms with Crippen molar-refractivity contribution in [3.63, 3.8) is 0 Å². The van der Waals surface area contributed by atoms with Gasteiger partial charge in [0.1, 0.15) is 6.54 Å². The molecule has 1 aliphatic rings. The highest BCUT2D eigenvalue weighted by molar-refractivity contribution is 5.85. The molecule has 1 aliphatic heterocycles. The lowest BCUT2D eigenvalue weighted by molar-refractivity contribution is -0.127. The molecule has 3 unspecified atom stereocenters. The third kappa shape index (κ3) is 6.82. The molecule has 25 heavy (non-hydrogen) atoms. The molecule has 0 aromatic heterocycles. The van der Waals surface area contributed by atoms with Crippen molar-refractivity contribution >= 4 is 11.9 Å². The Balaban J connectivity index is 2.84. The van der Waals surface area contributed by atoms with E-state index in [2.05, 4.69) is 47.8 Å². The van der Waals surface area contributed by atoms with Gasteiger partial charge in [0.15, 0.2) is 5.96 Å². The fraction of sp³-hybridized carbons (Fsp3) is 0.889. The van der Waals surface area contributed by atoms with Crippen LogP contribution in [0.5, 0.6) is 0 Å². The zero-order valence-corrected chi connectivity index (χ0v) is 17.1. The quantitative estimate of drug-likeness (QED) is 0.542. The summed E-state index contributed by atoms with van der Waals surface area (Å²) in [5.41, 5.74) is 0. The minimum atomic E-state index is 0.0169. The lowest BCUT2D eigenvalue weighted by atomic mass is 10.1. The molecule has 0 aromatic carbocycles. The number of hydrogen-bond acceptors (Lipinski definition) is 4. The first-order valence-electron chi connectivity index (χ1n) is 9.30. The summed E-state index contributed by atoms with van der Waals surface area (Å²) in [7, 11) is 5.27. The Morgan fingerprint density at radius 3 is 2.40 bits per heavy atom. The first-order valence-corrected chi connectivity index (χ1v) is 9.30. The summed E-state index contributed by atoms with van der Waals surface area (Å²) in [6, 6.07) is 1.14. The van der Waals surface area contributed by atoms with Crippen molar-refractivity contribution in [3.05, 3.63) is 0 Å². The van der Waals surface area contributed by atoms with E-state index in [0.29, 0.717) is 18.1 Å². The molecule has 0 bridgehead atoms. The van der Waals surface area contributed by atoms with Gasteiger partial charge in [-0.15, -0.1) is 0 Å². The maximum atomic E-state index is 11.9. The third-order valence-electron chi connectivity index (χ3n) is 4.81. The normalized spacial score (nSPS) is 23.5. The average Bonchev–Trinajstić information content (AvgIpc) is 2.56. The average molecular weight is 356 g/mol. The lowest BCUT2D eigenvalue weighted by Crippen LogP contribution is -2.61. The van der Waals surface area contributed by atoms with Gasteiger partial charge in [-0.05, 0) is 27.2 Å². The van der Waals surface area contributed by atoms with Crippen molar-refractivity contribution in [1.29, 1.82) is 0 Å². The largest absolute Gasteiger partial charge is 0.383 e. The number of guanidine groups is 1. The van der Waals surface area contributed by atoms with Crippen LogP contribution in [0.25, 0.3) is 0 Å². The first kappa shape index (κ1) is 21.7. The first-order chi connectivity index (χ1) is 11.8. The van der Waals surface area contributed by atoms with Crippen LogP contribution in [0.15, 0.2) is 4.99 Å². The van der Waals surface area contributed by atoms with Crippen molar-refractivity contribution in [2.45, 2.75) is 52.2 Å². The Bertz CT molecular complexity index is 429. The number of carbonyl (C=O) groups excluding carboxylic acids is 1. The van der Waals surface area contributed by atoms with Crippen LogP contribution >= 0.6 is 0 Å². The summed E-state index contributed by atoms with van der Waals surface area (Å²) in [5.74, 6) is 0.859. The maximum absolute atomic E-state index is 11.9. The molecule has 0 aliphatic carbocycles. The number of nitrogens with one attached hydrogen (secondary N) is 1. The molecule has 146 valence electrons. The van der Waals surface area contributed by atoms with Crippen LogP contribution in [-0.2, 0) is 9.53 Å². The highest BCUT2D eigenvalue weighted by atomic mass is 16.5. The Labute approximate surface area is 153 Å². The van der Waals surface area contributed by atoms with Gasteiger partial charge >= 0.3 is 0 Å². The maximum Gasteiger partial charge on any atom is 0.243 e. The summed E-state index contributed by atoms with van der Waals surface area (Å²) in [4.78, 5) is 22.9. The van der Waals surface area contributed by atoms with Gasteiger partial charge in [-0.2, -0.15) is 0 Å². The highest BCUT2D eigenvalue weighted by Gasteiger charge is 2.31. The molecule has 1 amide bonds. The minimum absolute atomic E-state index is 0.0169. The van der Waals surface area contributed by atoms with Crippen molar-refractivity contribution < 1.29 is 9.53 Å². The fourth-order valence-electron chi connectivity index (χ4n) is 3.01. The summed E-state index contributed by atoms with van der Waals surface area (Å²) in [5, 5.41) is 3.49. The Morgan fingerprint density at radius 2 is 1.92 bits per heavy atom. The molecule has 0 aromatic rings. The van der Waals surface area contributed by atoms with Gasteiger partial charge in [0.2, 0.25) is 5.91 Å². The van der Waals surface area contributed by atoms with E-state index in [0.717, 1.165) is 38.6 Å². The second kappa shape index (κ2) is 10.6. The molecule has 7 nitrogen and oxygen atoms in total. The predicted molar refractivity (Wildman–Crippen MR) is 103 cm³/mol. The van der Waals surface area contributed by atoms with E-state index in [1.807, 2.05) is 0 Å². The second-order valence-corrected chi connectivity index (χ2v) is 7.22. The number of carbonyl (C=O) groups is 1. The van der Waals surface area contributed by atoms with Gasteiger partial charge in [-0.25, -0.2) is 4.99 Å². The van der Waals surface area contributed by atoms with Gasteiger partial charge in [0, 0.05) is 59.0 Å². The zero-order chi connectivity index (χ0) is 19.0. The van der Waals surface area contributed by atoms with Gasteiger partial charge in [-0.3, -0.25) is 9.69 Å². The zero-order valence-electron chi connectivity index (χ0n) is 17.1. The van der Waals surface area contributed by atoms with E-state index in [1.54, 1.807) is 26.1 Å². The van der Waals surface area contributed by atoms with Crippen LogP contribution in [-0.4, -0.2) is 98.7 Å². The summed E-state index contributed by atoms with van der Waals surface area (Å²) >= 11 is 0. The smallest absolute Gasteiger partial charge is 0.243 e. The van der Waals surface area contributed by atoms with Crippen molar-refractivity contribution in [3.8, 4) is 0 Å². The summed E-state index contributed by atoms with van der Waals surface area (Å²) in [6.07, 6.45) is 1.01. The molecule has 1 fully saturated rings. The van der Waals surface area contributed by atoms with Crippen molar-refractivity contribution in [2.24, 2.45) is 4.99 Å². The standard InChI is InChI=1S/C18H37N5O2/c1-8-14(2)20-18(19-11-17(24)21(5)6)22-12-15(3)23(9-10-25-7)16(4)13-22/h14-16H,8-13H2,1-7H3,(H,19,20). The summed E-state index contributed by atoms with van der Waals surface area (Å²) < 4.78 is 5.24. The number of ether oxygens (including phenoxy) is 1. The topological polar surface area (TPSA) is 60.4 Å². The Hall–Kier alpha value is -1.34. The van der Waals surface area contributed by atoms with Crippen LogP contribution < -0.4 is 5.32 Å².